The fourth-order valence-electron chi connectivity index (χ4n) is 3.13. The van der Waals surface area contributed by atoms with Crippen molar-refractivity contribution in [3.63, 3.8) is 0 Å². The summed E-state index contributed by atoms with van der Waals surface area (Å²) in [5.74, 6) is -0.733. The lowest BCUT2D eigenvalue weighted by Gasteiger charge is -2.10. The van der Waals surface area contributed by atoms with Gasteiger partial charge in [-0.1, -0.05) is 35.9 Å². The average molecular weight is 477 g/mol. The first kappa shape index (κ1) is 22.9. The predicted octanol–water partition coefficient (Wildman–Crippen LogP) is 4.07. The first-order valence-corrected chi connectivity index (χ1v) is 11.6. The predicted molar refractivity (Wildman–Crippen MR) is 127 cm³/mol. The minimum Gasteiger partial charge on any atom is -0.402 e. The van der Waals surface area contributed by atoms with Gasteiger partial charge >= 0.3 is 16.1 Å². The highest BCUT2D eigenvalue weighted by Crippen LogP contribution is 2.27. The van der Waals surface area contributed by atoms with E-state index in [1.807, 2.05) is 19.1 Å². The molecule has 172 valence electrons. The summed E-state index contributed by atoms with van der Waals surface area (Å²) in [5.41, 5.74) is 2.52. The number of hydrogen-bond donors (Lipinski definition) is 1. The van der Waals surface area contributed by atoms with Crippen LogP contribution in [0.4, 0.5) is 5.69 Å². The van der Waals surface area contributed by atoms with E-state index in [4.69, 9.17) is 8.92 Å². The molecule has 34 heavy (non-hydrogen) atoms. The van der Waals surface area contributed by atoms with Gasteiger partial charge in [0.1, 0.15) is 10.6 Å². The molecule has 1 amide bonds. The van der Waals surface area contributed by atoms with Crippen molar-refractivity contribution < 1.29 is 26.9 Å². The van der Waals surface area contributed by atoms with Crippen LogP contribution in [0.5, 0.6) is 5.75 Å². The van der Waals surface area contributed by atoms with E-state index in [-0.39, 0.29) is 28.1 Å². The number of cyclic esters (lactones) is 1. The topological polar surface area (TPSA) is 111 Å². The molecule has 0 aliphatic carbocycles. The Morgan fingerprint density at radius 2 is 1.68 bits per heavy atom. The van der Waals surface area contributed by atoms with Crippen molar-refractivity contribution in [1.82, 2.24) is 0 Å². The van der Waals surface area contributed by atoms with Crippen LogP contribution in [-0.4, -0.2) is 26.2 Å². The van der Waals surface area contributed by atoms with Crippen molar-refractivity contribution in [1.29, 1.82) is 0 Å². The van der Waals surface area contributed by atoms with Crippen LogP contribution >= 0.6 is 0 Å². The molecule has 0 fully saturated rings. The maximum atomic E-state index is 12.8. The van der Waals surface area contributed by atoms with Crippen LogP contribution in [0.2, 0.25) is 0 Å². The first-order chi connectivity index (χ1) is 16.2. The lowest BCUT2D eigenvalue weighted by atomic mass is 10.1. The monoisotopic (exact) mass is 476 g/mol. The van der Waals surface area contributed by atoms with Gasteiger partial charge in [0.05, 0.1) is 0 Å². The van der Waals surface area contributed by atoms with Gasteiger partial charge in [0.25, 0.3) is 0 Å². The van der Waals surface area contributed by atoms with E-state index in [9.17, 15) is 18.0 Å². The highest BCUT2D eigenvalue weighted by molar-refractivity contribution is 7.87. The van der Waals surface area contributed by atoms with Gasteiger partial charge in [-0.15, -0.1) is 0 Å². The molecule has 8 nitrogen and oxygen atoms in total. The zero-order chi connectivity index (χ0) is 24.3. The minimum absolute atomic E-state index is 0.0173. The summed E-state index contributed by atoms with van der Waals surface area (Å²) >= 11 is 0. The van der Waals surface area contributed by atoms with Gasteiger partial charge < -0.3 is 14.2 Å². The van der Waals surface area contributed by atoms with Crippen molar-refractivity contribution in [3.05, 3.63) is 95.2 Å². The second-order valence-electron chi connectivity index (χ2n) is 7.48. The molecule has 1 aliphatic rings. The van der Waals surface area contributed by atoms with E-state index in [1.54, 1.807) is 30.3 Å². The molecule has 0 spiro atoms. The van der Waals surface area contributed by atoms with Gasteiger partial charge in [0.15, 0.2) is 5.70 Å². The third kappa shape index (κ3) is 5.21. The van der Waals surface area contributed by atoms with Crippen LogP contribution < -0.4 is 9.50 Å². The van der Waals surface area contributed by atoms with Crippen LogP contribution in [0.15, 0.2) is 88.4 Å². The van der Waals surface area contributed by atoms with Gasteiger partial charge in [0.2, 0.25) is 11.8 Å². The highest BCUT2D eigenvalue weighted by atomic mass is 32.2. The van der Waals surface area contributed by atoms with E-state index in [0.717, 1.165) is 5.56 Å². The minimum atomic E-state index is -4.18. The molecule has 9 heteroatoms. The number of amides is 1. The number of nitrogens with one attached hydrogen (secondary N) is 1. The summed E-state index contributed by atoms with van der Waals surface area (Å²) < 4.78 is 36.2. The Morgan fingerprint density at radius 3 is 2.35 bits per heavy atom. The molecule has 0 atom stereocenters. The largest absolute Gasteiger partial charge is 0.402 e. The lowest BCUT2D eigenvalue weighted by Crippen LogP contribution is -2.11. The number of para-hydroxylation sites is 1. The molecular weight excluding hydrogens is 456 g/mol. The molecule has 0 bridgehead atoms. The van der Waals surface area contributed by atoms with E-state index in [0.29, 0.717) is 16.8 Å². The fourth-order valence-corrected chi connectivity index (χ4v) is 4.08. The number of hydrogen-bond acceptors (Lipinski definition) is 7. The molecule has 0 unspecified atom stereocenters. The Morgan fingerprint density at radius 1 is 1.00 bits per heavy atom. The maximum absolute atomic E-state index is 12.8. The Hall–Kier alpha value is -4.24. The van der Waals surface area contributed by atoms with Crippen molar-refractivity contribution >= 4 is 39.7 Å². The highest BCUT2D eigenvalue weighted by Gasteiger charge is 2.25. The molecule has 0 radical (unpaired) electrons. The second kappa shape index (κ2) is 9.32. The molecule has 0 saturated carbocycles. The smallest absolute Gasteiger partial charge is 0.363 e. The first-order valence-electron chi connectivity index (χ1n) is 10.2. The Balaban J connectivity index is 1.60. The van der Waals surface area contributed by atoms with E-state index < -0.39 is 16.1 Å². The molecule has 0 saturated heterocycles. The summed E-state index contributed by atoms with van der Waals surface area (Å²) in [6.45, 7) is 3.30. The number of aliphatic imine (C=N–C) groups is 1. The van der Waals surface area contributed by atoms with E-state index >= 15 is 0 Å². The van der Waals surface area contributed by atoms with Gasteiger partial charge in [-0.3, -0.25) is 4.79 Å². The number of benzene rings is 3. The third-order valence-corrected chi connectivity index (χ3v) is 6.04. The molecule has 1 aliphatic heterocycles. The zero-order valence-corrected chi connectivity index (χ0v) is 19.1. The number of anilines is 1. The summed E-state index contributed by atoms with van der Waals surface area (Å²) in [7, 11) is -4.18. The number of carbonyl (C=O) groups is 2. The van der Waals surface area contributed by atoms with Gasteiger partial charge in [0, 0.05) is 23.7 Å². The average Bonchev–Trinajstić information content (AvgIpc) is 3.15. The van der Waals surface area contributed by atoms with Crippen LogP contribution in [-0.2, 0) is 24.4 Å². The quantitative estimate of drug-likeness (QED) is 0.326. The second-order valence-corrected chi connectivity index (χ2v) is 9.03. The van der Waals surface area contributed by atoms with Crippen LogP contribution in [0, 0.1) is 6.92 Å². The van der Waals surface area contributed by atoms with E-state index in [2.05, 4.69) is 10.3 Å². The number of carbonyl (C=O) groups excluding carboxylic acids is 2. The van der Waals surface area contributed by atoms with Gasteiger partial charge in [-0.25, -0.2) is 9.79 Å². The normalized spacial score (nSPS) is 14.5. The Labute approximate surface area is 196 Å². The molecule has 1 N–H and O–H groups in total. The molecule has 4 rings (SSSR count). The van der Waals surface area contributed by atoms with Crippen molar-refractivity contribution in [3.8, 4) is 5.75 Å². The van der Waals surface area contributed by atoms with Crippen molar-refractivity contribution in [2.75, 3.05) is 5.32 Å². The van der Waals surface area contributed by atoms with Crippen LogP contribution in [0.3, 0.4) is 0 Å². The SMILES string of the molecule is CC(=O)Nc1ccc(S(=O)(=O)Oc2ccccc2C=C2N=C(c3ccc(C)cc3)OC2=O)cc1. The standard InChI is InChI=1S/C25H20N2O6S/c1-16-7-9-18(10-8-16)24-27-22(25(29)32-24)15-19-5-3-4-6-23(19)33-34(30,31)21-13-11-20(12-14-21)26-17(2)28/h3-15H,1-2H3,(H,26,28). The number of esters is 1. The number of aryl methyl sites for hydroxylation is 1. The summed E-state index contributed by atoms with van der Waals surface area (Å²) in [4.78, 5) is 27.7. The lowest BCUT2D eigenvalue weighted by molar-refractivity contribution is -0.129. The number of nitrogens with zero attached hydrogens (tertiary/aromatic N) is 1. The molecular formula is C25H20N2O6S. The Kier molecular flexibility index (Phi) is 6.29. The zero-order valence-electron chi connectivity index (χ0n) is 18.3. The third-order valence-electron chi connectivity index (χ3n) is 4.79. The van der Waals surface area contributed by atoms with E-state index in [1.165, 1.54) is 43.3 Å². The van der Waals surface area contributed by atoms with Gasteiger partial charge in [-0.2, -0.15) is 8.42 Å². The van der Waals surface area contributed by atoms with Crippen LogP contribution in [0.1, 0.15) is 23.6 Å². The number of rotatable bonds is 6. The molecule has 3 aromatic rings. The molecule has 3 aromatic carbocycles. The molecule has 1 heterocycles. The fraction of sp³-hybridized carbons (Fsp3) is 0.0800. The molecule has 0 aromatic heterocycles. The van der Waals surface area contributed by atoms with Crippen molar-refractivity contribution in [2.24, 2.45) is 4.99 Å². The summed E-state index contributed by atoms with van der Waals surface area (Å²) in [6, 6.07) is 19.3. The van der Waals surface area contributed by atoms with Gasteiger partial charge in [-0.05, 0) is 55.5 Å². The summed E-state index contributed by atoms with van der Waals surface area (Å²) in [6.07, 6.45) is 1.41. The van der Waals surface area contributed by atoms with Crippen LogP contribution in [0.25, 0.3) is 6.08 Å². The maximum Gasteiger partial charge on any atom is 0.363 e. The number of ether oxygens (including phenoxy) is 1. The van der Waals surface area contributed by atoms with Crippen molar-refractivity contribution in [2.45, 2.75) is 18.7 Å². The Bertz CT molecular complexity index is 1420. The summed E-state index contributed by atoms with van der Waals surface area (Å²) in [5, 5.41) is 2.57.